The highest BCUT2D eigenvalue weighted by atomic mass is 16.4. The average Bonchev–Trinajstić information content (AvgIpc) is 3.20. The molecule has 0 unspecified atom stereocenters. The summed E-state index contributed by atoms with van der Waals surface area (Å²) in [5.74, 6) is -1.20. The smallest absolute Gasteiger partial charge is 0.326 e. The van der Waals surface area contributed by atoms with E-state index in [1.807, 2.05) is 0 Å². The molecule has 21 heavy (non-hydrogen) atoms. The maximum atomic E-state index is 12.1. The number of H-pyrrole nitrogens is 1. The van der Waals surface area contributed by atoms with Crippen molar-refractivity contribution in [3.63, 3.8) is 0 Å². The summed E-state index contributed by atoms with van der Waals surface area (Å²) in [6.45, 7) is 0.130. The lowest BCUT2D eigenvalue weighted by atomic mass is 10.1. The maximum absolute atomic E-state index is 12.1. The summed E-state index contributed by atoms with van der Waals surface area (Å²) >= 11 is 0. The Morgan fingerprint density at radius 1 is 1.43 bits per heavy atom. The summed E-state index contributed by atoms with van der Waals surface area (Å²) in [7, 11) is 1.62. The lowest BCUT2D eigenvalue weighted by Crippen LogP contribution is -2.34. The number of aromatic nitrogens is 2. The number of benzene rings is 1. The molecule has 1 aromatic heterocycles. The monoisotopic (exact) mass is 289 g/mol. The molecule has 0 bridgehead atoms. The summed E-state index contributed by atoms with van der Waals surface area (Å²) in [6, 6.07) is 4.88. The van der Waals surface area contributed by atoms with Crippen LogP contribution in [0.15, 0.2) is 23.0 Å². The summed E-state index contributed by atoms with van der Waals surface area (Å²) in [4.78, 5) is 37.3. The minimum absolute atomic E-state index is 0.130. The summed E-state index contributed by atoms with van der Waals surface area (Å²) in [5.41, 5.74) is 0.652. The van der Waals surface area contributed by atoms with Crippen LogP contribution in [0.3, 0.4) is 0 Å². The number of imidazole rings is 1. The fraction of sp³-hybridized carbons (Fsp3) is 0.357. The predicted octanol–water partition coefficient (Wildman–Crippen LogP) is 0.461. The van der Waals surface area contributed by atoms with Crippen molar-refractivity contribution in [2.75, 3.05) is 6.54 Å². The molecule has 0 radical (unpaired) electrons. The molecular weight excluding hydrogens is 274 g/mol. The number of amides is 1. The van der Waals surface area contributed by atoms with Gasteiger partial charge in [-0.25, -0.2) is 4.79 Å². The van der Waals surface area contributed by atoms with Gasteiger partial charge in [-0.3, -0.25) is 14.2 Å². The molecule has 1 aliphatic carbocycles. The molecule has 0 saturated heterocycles. The first-order valence-corrected chi connectivity index (χ1v) is 6.63. The standard InChI is InChI=1S/C14H15N3O4/c1-17-10-6-8(2-3-9(10)16-13(17)21)11(18)15-7-14(4-5-14)12(19)20/h2-3,6H,4-5,7H2,1H3,(H,15,18)(H,16,21)(H,19,20). The lowest BCUT2D eigenvalue weighted by molar-refractivity contribution is -0.143. The summed E-state index contributed by atoms with van der Waals surface area (Å²) in [6.07, 6.45) is 1.18. The third-order valence-electron chi connectivity index (χ3n) is 4.06. The molecule has 1 amide bonds. The Kier molecular flexibility index (Phi) is 2.86. The van der Waals surface area contributed by atoms with Crippen molar-refractivity contribution in [1.29, 1.82) is 0 Å². The molecule has 1 saturated carbocycles. The Hall–Kier alpha value is -2.57. The van der Waals surface area contributed by atoms with Crippen molar-refractivity contribution in [1.82, 2.24) is 14.9 Å². The molecule has 1 fully saturated rings. The van der Waals surface area contributed by atoms with Gasteiger partial charge in [-0.15, -0.1) is 0 Å². The van der Waals surface area contributed by atoms with Crippen LogP contribution < -0.4 is 11.0 Å². The third kappa shape index (κ3) is 2.20. The highest BCUT2D eigenvalue weighted by Crippen LogP contribution is 2.45. The molecule has 7 heteroatoms. The van der Waals surface area contributed by atoms with Crippen molar-refractivity contribution in [3.05, 3.63) is 34.2 Å². The molecule has 0 aliphatic heterocycles. The first-order chi connectivity index (χ1) is 9.93. The molecule has 7 nitrogen and oxygen atoms in total. The van der Waals surface area contributed by atoms with Crippen LogP contribution in [0.5, 0.6) is 0 Å². The zero-order valence-electron chi connectivity index (χ0n) is 11.5. The van der Waals surface area contributed by atoms with Crippen LogP contribution in [0.25, 0.3) is 11.0 Å². The number of aliphatic carboxylic acids is 1. The maximum Gasteiger partial charge on any atom is 0.326 e. The van der Waals surface area contributed by atoms with Gasteiger partial charge in [0.05, 0.1) is 16.4 Å². The second-order valence-corrected chi connectivity index (χ2v) is 5.49. The zero-order valence-corrected chi connectivity index (χ0v) is 11.5. The number of aryl methyl sites for hydroxylation is 1. The van der Waals surface area contributed by atoms with Crippen molar-refractivity contribution >= 4 is 22.9 Å². The number of carboxylic acid groups (broad SMARTS) is 1. The SMILES string of the molecule is Cn1c(=O)[nH]c2ccc(C(=O)NCC3(C(=O)O)CC3)cc21. The van der Waals surface area contributed by atoms with Crippen LogP contribution in [0.1, 0.15) is 23.2 Å². The van der Waals surface area contributed by atoms with Crippen molar-refractivity contribution in [3.8, 4) is 0 Å². The predicted molar refractivity (Wildman–Crippen MR) is 75.2 cm³/mol. The van der Waals surface area contributed by atoms with E-state index >= 15 is 0 Å². The number of hydrogen-bond donors (Lipinski definition) is 3. The van der Waals surface area contributed by atoms with Crippen LogP contribution >= 0.6 is 0 Å². The Bertz CT molecular complexity index is 798. The summed E-state index contributed by atoms with van der Waals surface area (Å²) in [5, 5.41) is 11.7. The normalized spacial score (nSPS) is 15.9. The van der Waals surface area contributed by atoms with Gasteiger partial charge in [0.15, 0.2) is 0 Å². The third-order valence-corrected chi connectivity index (χ3v) is 4.06. The number of nitrogens with one attached hydrogen (secondary N) is 2. The fourth-order valence-electron chi connectivity index (χ4n) is 2.33. The topological polar surface area (TPSA) is 104 Å². The molecule has 110 valence electrons. The van der Waals surface area contributed by atoms with Crippen LogP contribution in [-0.4, -0.2) is 33.1 Å². The zero-order chi connectivity index (χ0) is 15.2. The molecule has 3 rings (SSSR count). The average molecular weight is 289 g/mol. The van der Waals surface area contributed by atoms with Crippen LogP contribution in [0.2, 0.25) is 0 Å². The van der Waals surface area contributed by atoms with E-state index in [2.05, 4.69) is 10.3 Å². The fourth-order valence-corrected chi connectivity index (χ4v) is 2.33. The molecule has 1 aromatic carbocycles. The van der Waals surface area contributed by atoms with Gasteiger partial charge in [-0.05, 0) is 31.0 Å². The van der Waals surface area contributed by atoms with Gasteiger partial charge in [-0.2, -0.15) is 0 Å². The second kappa shape index (κ2) is 4.47. The number of carbonyl (C=O) groups is 2. The van der Waals surface area contributed by atoms with E-state index in [0.29, 0.717) is 29.4 Å². The molecule has 2 aromatic rings. The van der Waals surface area contributed by atoms with Gasteiger partial charge in [0.25, 0.3) is 5.91 Å². The summed E-state index contributed by atoms with van der Waals surface area (Å²) < 4.78 is 1.42. The highest BCUT2D eigenvalue weighted by Gasteiger charge is 2.50. The van der Waals surface area contributed by atoms with E-state index in [1.165, 1.54) is 4.57 Å². The van der Waals surface area contributed by atoms with E-state index in [1.54, 1.807) is 25.2 Å². The molecule has 1 aliphatic rings. The van der Waals surface area contributed by atoms with E-state index in [0.717, 1.165) is 0 Å². The number of fused-ring (bicyclic) bond motifs is 1. The first-order valence-electron chi connectivity index (χ1n) is 6.63. The Balaban J connectivity index is 1.80. The number of aromatic amines is 1. The van der Waals surface area contributed by atoms with Crippen molar-refractivity contribution < 1.29 is 14.7 Å². The number of nitrogens with zero attached hydrogens (tertiary/aromatic N) is 1. The Labute approximate surface area is 119 Å². The number of hydrogen-bond acceptors (Lipinski definition) is 3. The Morgan fingerprint density at radius 2 is 2.14 bits per heavy atom. The molecule has 3 N–H and O–H groups in total. The van der Waals surface area contributed by atoms with E-state index < -0.39 is 11.4 Å². The van der Waals surface area contributed by atoms with Crippen molar-refractivity contribution in [2.45, 2.75) is 12.8 Å². The van der Waals surface area contributed by atoms with Crippen LogP contribution in [0, 0.1) is 5.41 Å². The lowest BCUT2D eigenvalue weighted by Gasteiger charge is -2.11. The molecule has 0 atom stereocenters. The highest BCUT2D eigenvalue weighted by molar-refractivity contribution is 5.97. The minimum atomic E-state index is -0.869. The molecule has 0 spiro atoms. The minimum Gasteiger partial charge on any atom is -0.481 e. The van der Waals surface area contributed by atoms with Gasteiger partial charge in [0.2, 0.25) is 0 Å². The van der Waals surface area contributed by atoms with Gasteiger partial charge in [0, 0.05) is 19.2 Å². The van der Waals surface area contributed by atoms with Gasteiger partial charge in [0.1, 0.15) is 0 Å². The number of carboxylic acids is 1. The van der Waals surface area contributed by atoms with Crippen LogP contribution in [0.4, 0.5) is 0 Å². The van der Waals surface area contributed by atoms with E-state index in [-0.39, 0.29) is 18.1 Å². The quantitative estimate of drug-likeness (QED) is 0.760. The van der Waals surface area contributed by atoms with E-state index in [4.69, 9.17) is 5.11 Å². The number of carbonyl (C=O) groups excluding carboxylic acids is 1. The van der Waals surface area contributed by atoms with E-state index in [9.17, 15) is 14.4 Å². The second-order valence-electron chi connectivity index (χ2n) is 5.49. The first kappa shape index (κ1) is 13.4. The molecule has 1 heterocycles. The van der Waals surface area contributed by atoms with Gasteiger partial charge >= 0.3 is 11.7 Å². The molecular formula is C14H15N3O4. The van der Waals surface area contributed by atoms with Gasteiger partial charge < -0.3 is 15.4 Å². The van der Waals surface area contributed by atoms with Crippen molar-refractivity contribution in [2.24, 2.45) is 12.5 Å². The Morgan fingerprint density at radius 3 is 2.76 bits per heavy atom. The number of rotatable bonds is 4. The van der Waals surface area contributed by atoms with Gasteiger partial charge in [-0.1, -0.05) is 0 Å². The van der Waals surface area contributed by atoms with Crippen LogP contribution in [-0.2, 0) is 11.8 Å². The largest absolute Gasteiger partial charge is 0.481 e.